The van der Waals surface area contributed by atoms with E-state index in [-0.39, 0.29) is 11.8 Å². The molecule has 5 heterocycles. The largest absolute Gasteiger partial charge is 0.457 e. The van der Waals surface area contributed by atoms with Crippen LogP contribution in [0.25, 0.3) is 11.2 Å². The number of nitrogens with zero attached hydrogens (tertiary/aromatic N) is 9. The molecule has 0 unspecified atom stereocenters. The quantitative estimate of drug-likeness (QED) is 0.287. The van der Waals surface area contributed by atoms with Crippen molar-refractivity contribution in [2.75, 3.05) is 39.0 Å². The van der Waals surface area contributed by atoms with Crippen LogP contribution in [0.15, 0.2) is 67.7 Å². The summed E-state index contributed by atoms with van der Waals surface area (Å²) < 4.78 is 9.57. The van der Waals surface area contributed by atoms with E-state index in [9.17, 15) is 4.79 Å². The molecule has 0 radical (unpaired) electrons. The summed E-state index contributed by atoms with van der Waals surface area (Å²) >= 11 is 0. The number of likely N-dealkylation sites (tertiary alicyclic amines) is 1. The van der Waals surface area contributed by atoms with Crippen molar-refractivity contribution in [3.05, 3.63) is 78.9 Å². The fraction of sp³-hybridized carbons (Fsp3) is 0.310. The van der Waals surface area contributed by atoms with Crippen molar-refractivity contribution in [2.45, 2.75) is 25.7 Å². The van der Waals surface area contributed by atoms with Gasteiger partial charge in [0.25, 0.3) is 0 Å². The van der Waals surface area contributed by atoms with Crippen molar-refractivity contribution in [2.24, 2.45) is 0 Å². The van der Waals surface area contributed by atoms with Crippen molar-refractivity contribution in [3.8, 4) is 11.5 Å². The molecule has 210 valence electrons. The molecule has 0 spiro atoms. The van der Waals surface area contributed by atoms with Gasteiger partial charge in [0.15, 0.2) is 11.5 Å². The third kappa shape index (κ3) is 5.73. The first-order valence-corrected chi connectivity index (χ1v) is 13.6. The minimum absolute atomic E-state index is 0.0626. The Kier molecular flexibility index (Phi) is 7.30. The van der Waals surface area contributed by atoms with Crippen molar-refractivity contribution < 1.29 is 9.53 Å². The van der Waals surface area contributed by atoms with Gasteiger partial charge in [0.2, 0.25) is 5.91 Å². The second kappa shape index (κ2) is 11.3. The maximum atomic E-state index is 12.6. The molecule has 1 N–H and O–H groups in total. The van der Waals surface area contributed by atoms with E-state index in [2.05, 4.69) is 25.5 Å². The van der Waals surface area contributed by atoms with E-state index in [0.717, 1.165) is 53.2 Å². The van der Waals surface area contributed by atoms with E-state index in [0.29, 0.717) is 24.7 Å². The van der Waals surface area contributed by atoms with Gasteiger partial charge in [-0.3, -0.25) is 4.79 Å². The predicted molar refractivity (Wildman–Crippen MR) is 155 cm³/mol. The molecule has 1 fully saturated rings. The number of likely N-dealkylation sites (N-methyl/N-ethyl adjacent to an activating group) is 1. The summed E-state index contributed by atoms with van der Waals surface area (Å²) in [5, 5.41) is 12.0. The van der Waals surface area contributed by atoms with E-state index in [4.69, 9.17) is 9.72 Å². The first-order valence-electron chi connectivity index (χ1n) is 13.6. The summed E-state index contributed by atoms with van der Waals surface area (Å²) in [7, 11) is 3.96. The van der Waals surface area contributed by atoms with E-state index in [1.54, 1.807) is 21.4 Å². The SMILES string of the molecule is Cc1cc(Nc2ncnn3cnc(C4CCN(C(=O)/C=C/CN(C)C)CC4)c23)ccc1Oc1ccn2ncnc2c1. The zero-order valence-electron chi connectivity index (χ0n) is 23.3. The molecule has 0 saturated carbocycles. The van der Waals surface area contributed by atoms with Gasteiger partial charge in [0.1, 0.15) is 36.0 Å². The van der Waals surface area contributed by atoms with Crippen LogP contribution in [-0.4, -0.2) is 83.6 Å². The zero-order valence-corrected chi connectivity index (χ0v) is 23.3. The van der Waals surface area contributed by atoms with E-state index < -0.39 is 0 Å². The van der Waals surface area contributed by atoms with E-state index in [1.165, 1.54) is 12.7 Å². The summed E-state index contributed by atoms with van der Waals surface area (Å²) in [5.41, 5.74) is 4.36. The molecule has 0 atom stereocenters. The van der Waals surface area contributed by atoms with Gasteiger partial charge in [-0.1, -0.05) is 6.08 Å². The molecule has 12 heteroatoms. The number of hydrogen-bond acceptors (Lipinski definition) is 9. The van der Waals surface area contributed by atoms with Crippen molar-refractivity contribution in [1.82, 2.24) is 44.0 Å². The van der Waals surface area contributed by atoms with Crippen LogP contribution < -0.4 is 10.1 Å². The molecule has 4 aromatic heterocycles. The van der Waals surface area contributed by atoms with Gasteiger partial charge >= 0.3 is 0 Å². The number of rotatable bonds is 8. The Labute approximate surface area is 237 Å². The number of pyridine rings is 1. The highest BCUT2D eigenvalue weighted by Gasteiger charge is 2.27. The number of amides is 1. The predicted octanol–water partition coefficient (Wildman–Crippen LogP) is 3.84. The molecule has 12 nitrogen and oxygen atoms in total. The first-order chi connectivity index (χ1) is 19.9. The fourth-order valence-electron chi connectivity index (χ4n) is 5.07. The van der Waals surface area contributed by atoms with Crippen LogP contribution >= 0.6 is 0 Å². The van der Waals surface area contributed by atoms with Crippen LogP contribution in [0.4, 0.5) is 11.5 Å². The monoisotopic (exact) mass is 552 g/mol. The van der Waals surface area contributed by atoms with Gasteiger partial charge in [0.05, 0.1) is 5.69 Å². The number of aromatic nitrogens is 7. The van der Waals surface area contributed by atoms with Gasteiger partial charge in [0, 0.05) is 49.6 Å². The summed E-state index contributed by atoms with van der Waals surface area (Å²) in [6, 6.07) is 9.61. The highest BCUT2D eigenvalue weighted by molar-refractivity contribution is 5.87. The number of benzene rings is 1. The Morgan fingerprint density at radius 3 is 2.68 bits per heavy atom. The number of hydrogen-bond donors (Lipinski definition) is 1. The lowest BCUT2D eigenvalue weighted by Gasteiger charge is -2.30. The van der Waals surface area contributed by atoms with Gasteiger partial charge < -0.3 is 19.9 Å². The number of piperidine rings is 1. The molecule has 0 bridgehead atoms. The second-order valence-electron chi connectivity index (χ2n) is 10.4. The lowest BCUT2D eigenvalue weighted by Crippen LogP contribution is -2.37. The number of carbonyl (C=O) groups is 1. The van der Waals surface area contributed by atoms with Crippen molar-refractivity contribution in [1.29, 1.82) is 0 Å². The number of anilines is 2. The number of aryl methyl sites for hydroxylation is 1. The summed E-state index contributed by atoms with van der Waals surface area (Å²) in [6.07, 6.45) is 11.8. The smallest absolute Gasteiger partial charge is 0.246 e. The minimum atomic E-state index is 0.0626. The molecule has 1 aliphatic heterocycles. The Morgan fingerprint density at radius 1 is 1.07 bits per heavy atom. The highest BCUT2D eigenvalue weighted by atomic mass is 16.5. The van der Waals surface area contributed by atoms with Crippen LogP contribution in [-0.2, 0) is 4.79 Å². The average Bonchev–Trinajstić information content (AvgIpc) is 3.62. The number of fused-ring (bicyclic) bond motifs is 2. The standard InChI is InChI=1S/C29H32N10O2/c1-20-15-22(6-7-24(20)41-23-10-14-38-25(16-23)30-17-33-38)35-29-28-27(32-19-39(28)34-18-31-29)21-8-12-37(13-9-21)26(40)5-4-11-36(2)3/h4-7,10,14-19,21H,8-9,11-13H2,1-3H3,(H,31,34,35)/b5-4+. The van der Waals surface area contributed by atoms with Crippen molar-refractivity contribution >= 4 is 28.6 Å². The zero-order chi connectivity index (χ0) is 28.3. The molecular weight excluding hydrogens is 520 g/mol. The summed E-state index contributed by atoms with van der Waals surface area (Å²) in [6.45, 7) is 4.13. The molecule has 0 aliphatic carbocycles. The number of ether oxygens (including phenoxy) is 1. The maximum absolute atomic E-state index is 12.6. The average molecular weight is 553 g/mol. The number of nitrogens with one attached hydrogen (secondary N) is 1. The summed E-state index contributed by atoms with van der Waals surface area (Å²) in [5.74, 6) is 2.39. The van der Waals surface area contributed by atoms with E-state index in [1.807, 2.05) is 73.4 Å². The number of imidazole rings is 1. The first kappa shape index (κ1) is 26.4. The molecule has 41 heavy (non-hydrogen) atoms. The fourth-order valence-corrected chi connectivity index (χ4v) is 5.07. The van der Waals surface area contributed by atoms with E-state index >= 15 is 0 Å². The summed E-state index contributed by atoms with van der Waals surface area (Å²) in [4.78, 5) is 30.0. The Morgan fingerprint density at radius 2 is 1.88 bits per heavy atom. The molecule has 1 amide bonds. The van der Waals surface area contributed by atoms with Crippen LogP contribution in [0.2, 0.25) is 0 Å². The Balaban J connectivity index is 1.16. The molecule has 6 rings (SSSR count). The van der Waals surface area contributed by atoms with Gasteiger partial charge in [-0.25, -0.2) is 24.0 Å². The van der Waals surface area contributed by atoms with Crippen molar-refractivity contribution in [3.63, 3.8) is 0 Å². The molecular formula is C29H32N10O2. The van der Waals surface area contributed by atoms with Crippen LogP contribution in [0.5, 0.6) is 11.5 Å². The third-order valence-electron chi connectivity index (χ3n) is 7.21. The third-order valence-corrected chi connectivity index (χ3v) is 7.21. The van der Waals surface area contributed by atoms with Gasteiger partial charge in [-0.15, -0.1) is 0 Å². The number of carbonyl (C=O) groups excluding carboxylic acids is 1. The van der Waals surface area contributed by atoms with Gasteiger partial charge in [-0.05, 0) is 63.7 Å². The minimum Gasteiger partial charge on any atom is -0.457 e. The Bertz CT molecular complexity index is 1720. The molecule has 1 saturated heterocycles. The topological polar surface area (TPSA) is 118 Å². The Hall–Kier alpha value is -4.84. The second-order valence-corrected chi connectivity index (χ2v) is 10.4. The highest BCUT2D eigenvalue weighted by Crippen LogP contribution is 2.34. The van der Waals surface area contributed by atoms with Crippen LogP contribution in [0.3, 0.4) is 0 Å². The normalized spacial score (nSPS) is 14.5. The molecule has 1 aromatic carbocycles. The molecule has 5 aromatic rings. The maximum Gasteiger partial charge on any atom is 0.246 e. The van der Waals surface area contributed by atoms with Gasteiger partial charge in [-0.2, -0.15) is 10.2 Å². The lowest BCUT2D eigenvalue weighted by atomic mass is 9.93. The van der Waals surface area contributed by atoms with Crippen LogP contribution in [0.1, 0.15) is 30.0 Å². The van der Waals surface area contributed by atoms with Crippen LogP contribution in [0, 0.1) is 6.92 Å². The molecule has 1 aliphatic rings. The lowest BCUT2D eigenvalue weighted by molar-refractivity contribution is -0.127.